The highest BCUT2D eigenvalue weighted by Gasteiger charge is 2.18. The van der Waals surface area contributed by atoms with Gasteiger partial charge in [0.1, 0.15) is 11.6 Å². The predicted molar refractivity (Wildman–Crippen MR) is 91.0 cm³/mol. The van der Waals surface area contributed by atoms with Gasteiger partial charge in [-0.1, -0.05) is 19.3 Å². The van der Waals surface area contributed by atoms with Gasteiger partial charge in [0.2, 0.25) is 0 Å². The molecule has 0 radical (unpaired) electrons. The first kappa shape index (κ1) is 17.4. The molecule has 0 bridgehead atoms. The standard InChI is InChI=1S/C17H19BrN2O3/c1-23-15-9-11(8-14(18)16(15)21)7-12(10-19)17(22)20-13-5-3-2-4-6-13/h7-9,13,21H,2-6H2,1H3,(H,20,22). The second-order valence-corrected chi connectivity index (χ2v) is 6.39. The van der Waals surface area contributed by atoms with Crippen LogP contribution in [0.15, 0.2) is 22.2 Å². The second kappa shape index (κ2) is 8.02. The number of phenolic OH excluding ortho intramolecular Hbond substituents is 1. The first-order valence-corrected chi connectivity index (χ1v) is 8.33. The molecule has 0 unspecified atom stereocenters. The van der Waals surface area contributed by atoms with Crippen molar-refractivity contribution in [2.45, 2.75) is 38.1 Å². The van der Waals surface area contributed by atoms with Gasteiger partial charge >= 0.3 is 0 Å². The van der Waals surface area contributed by atoms with E-state index in [-0.39, 0.29) is 29.0 Å². The number of nitriles is 1. The molecule has 1 saturated carbocycles. The molecule has 1 amide bonds. The zero-order valence-electron chi connectivity index (χ0n) is 12.9. The van der Waals surface area contributed by atoms with Crippen molar-refractivity contribution < 1.29 is 14.6 Å². The molecule has 122 valence electrons. The smallest absolute Gasteiger partial charge is 0.262 e. The van der Waals surface area contributed by atoms with Crippen LogP contribution in [-0.2, 0) is 4.79 Å². The summed E-state index contributed by atoms with van der Waals surface area (Å²) in [5, 5.41) is 22.0. The summed E-state index contributed by atoms with van der Waals surface area (Å²) < 4.78 is 5.51. The summed E-state index contributed by atoms with van der Waals surface area (Å²) >= 11 is 3.22. The van der Waals surface area contributed by atoms with Gasteiger partial charge in [-0.15, -0.1) is 0 Å². The molecule has 2 rings (SSSR count). The van der Waals surface area contributed by atoms with Crippen LogP contribution in [0.3, 0.4) is 0 Å². The van der Waals surface area contributed by atoms with Gasteiger partial charge in [0.05, 0.1) is 11.6 Å². The summed E-state index contributed by atoms with van der Waals surface area (Å²) in [4.78, 5) is 12.3. The van der Waals surface area contributed by atoms with Crippen molar-refractivity contribution in [3.05, 3.63) is 27.7 Å². The zero-order valence-corrected chi connectivity index (χ0v) is 14.5. The van der Waals surface area contributed by atoms with Crippen LogP contribution in [0.1, 0.15) is 37.7 Å². The number of carbonyl (C=O) groups is 1. The number of nitrogens with one attached hydrogen (secondary N) is 1. The number of rotatable bonds is 4. The van der Waals surface area contributed by atoms with Crippen LogP contribution >= 0.6 is 15.9 Å². The zero-order chi connectivity index (χ0) is 16.8. The highest BCUT2D eigenvalue weighted by Crippen LogP contribution is 2.35. The highest BCUT2D eigenvalue weighted by molar-refractivity contribution is 9.10. The number of halogens is 1. The van der Waals surface area contributed by atoms with Crippen molar-refractivity contribution in [2.75, 3.05) is 7.11 Å². The summed E-state index contributed by atoms with van der Waals surface area (Å²) in [6.07, 6.45) is 6.84. The third-order valence-corrected chi connectivity index (χ3v) is 4.49. The number of amides is 1. The van der Waals surface area contributed by atoms with E-state index >= 15 is 0 Å². The molecule has 1 aliphatic carbocycles. The Kier molecular flexibility index (Phi) is 6.05. The molecule has 2 N–H and O–H groups in total. The Hall–Kier alpha value is -2.00. The molecule has 0 saturated heterocycles. The van der Waals surface area contributed by atoms with Crippen LogP contribution in [0, 0.1) is 11.3 Å². The summed E-state index contributed by atoms with van der Waals surface area (Å²) in [7, 11) is 1.44. The monoisotopic (exact) mass is 378 g/mol. The maximum absolute atomic E-state index is 12.3. The molecule has 5 nitrogen and oxygen atoms in total. The topological polar surface area (TPSA) is 82.3 Å². The molecule has 0 heterocycles. The van der Waals surface area contributed by atoms with Crippen molar-refractivity contribution in [3.8, 4) is 17.6 Å². The molecule has 0 aromatic heterocycles. The molecule has 0 aliphatic heterocycles. The Balaban J connectivity index is 2.19. The van der Waals surface area contributed by atoms with Gasteiger partial charge in [0, 0.05) is 6.04 Å². The highest BCUT2D eigenvalue weighted by atomic mass is 79.9. The van der Waals surface area contributed by atoms with Crippen LogP contribution in [-0.4, -0.2) is 24.2 Å². The minimum Gasteiger partial charge on any atom is -0.503 e. The fraction of sp³-hybridized carbons (Fsp3) is 0.412. The molecule has 1 aliphatic rings. The van der Waals surface area contributed by atoms with Crippen LogP contribution in [0.2, 0.25) is 0 Å². The lowest BCUT2D eigenvalue weighted by Crippen LogP contribution is -2.36. The van der Waals surface area contributed by atoms with Gasteiger partial charge in [-0.25, -0.2) is 0 Å². The van der Waals surface area contributed by atoms with Gasteiger partial charge in [-0.3, -0.25) is 4.79 Å². The predicted octanol–water partition coefficient (Wildman–Crippen LogP) is 3.52. The molecule has 6 heteroatoms. The summed E-state index contributed by atoms with van der Waals surface area (Å²) in [5.74, 6) is -0.104. The molecular weight excluding hydrogens is 360 g/mol. The van der Waals surface area contributed by atoms with E-state index in [0.717, 1.165) is 25.7 Å². The Bertz CT molecular complexity index is 659. The van der Waals surface area contributed by atoms with E-state index in [1.807, 2.05) is 6.07 Å². The Morgan fingerprint density at radius 1 is 1.43 bits per heavy atom. The summed E-state index contributed by atoms with van der Waals surface area (Å²) in [6.45, 7) is 0. The fourth-order valence-electron chi connectivity index (χ4n) is 2.66. The lowest BCUT2D eigenvalue weighted by Gasteiger charge is -2.22. The minimum absolute atomic E-state index is 0.0187. The first-order valence-electron chi connectivity index (χ1n) is 7.54. The van der Waals surface area contributed by atoms with E-state index in [2.05, 4.69) is 21.2 Å². The number of ether oxygens (including phenoxy) is 1. The fourth-order valence-corrected chi connectivity index (χ4v) is 3.12. The lowest BCUT2D eigenvalue weighted by molar-refractivity contribution is -0.117. The largest absolute Gasteiger partial charge is 0.503 e. The van der Waals surface area contributed by atoms with Crippen molar-refractivity contribution in [1.82, 2.24) is 5.32 Å². The van der Waals surface area contributed by atoms with Crippen molar-refractivity contribution in [3.63, 3.8) is 0 Å². The quantitative estimate of drug-likeness (QED) is 0.620. The van der Waals surface area contributed by atoms with E-state index in [1.54, 1.807) is 12.1 Å². The van der Waals surface area contributed by atoms with Gasteiger partial charge in [-0.2, -0.15) is 5.26 Å². The molecule has 0 atom stereocenters. The van der Waals surface area contributed by atoms with Crippen LogP contribution in [0.4, 0.5) is 0 Å². The molecule has 1 aromatic rings. The normalized spacial score (nSPS) is 15.8. The number of methoxy groups -OCH3 is 1. The van der Waals surface area contributed by atoms with E-state index in [0.29, 0.717) is 10.0 Å². The number of aromatic hydroxyl groups is 1. The van der Waals surface area contributed by atoms with Gasteiger partial charge in [-0.05, 0) is 52.5 Å². The minimum atomic E-state index is -0.359. The molecule has 1 fully saturated rings. The van der Waals surface area contributed by atoms with Crippen LogP contribution < -0.4 is 10.1 Å². The summed E-state index contributed by atoms with van der Waals surface area (Å²) in [5.41, 5.74) is 0.636. The maximum Gasteiger partial charge on any atom is 0.262 e. The average Bonchev–Trinajstić information content (AvgIpc) is 2.56. The number of benzene rings is 1. The van der Waals surface area contributed by atoms with E-state index in [9.17, 15) is 15.2 Å². The van der Waals surface area contributed by atoms with Gasteiger partial charge in [0.15, 0.2) is 11.5 Å². The lowest BCUT2D eigenvalue weighted by atomic mass is 9.95. The van der Waals surface area contributed by atoms with Gasteiger partial charge in [0.25, 0.3) is 5.91 Å². The maximum atomic E-state index is 12.3. The molecular formula is C17H19BrN2O3. The molecule has 1 aromatic carbocycles. The SMILES string of the molecule is COc1cc(C=C(C#N)C(=O)NC2CCCCC2)cc(Br)c1O. The second-order valence-electron chi connectivity index (χ2n) is 5.53. The molecule has 0 spiro atoms. The van der Waals surface area contributed by atoms with E-state index < -0.39 is 0 Å². The third kappa shape index (κ3) is 4.49. The van der Waals surface area contributed by atoms with Gasteiger partial charge < -0.3 is 15.2 Å². The Morgan fingerprint density at radius 3 is 2.74 bits per heavy atom. The Morgan fingerprint density at radius 2 is 2.13 bits per heavy atom. The van der Waals surface area contributed by atoms with Crippen molar-refractivity contribution in [2.24, 2.45) is 0 Å². The number of hydrogen-bond donors (Lipinski definition) is 2. The summed E-state index contributed by atoms with van der Waals surface area (Å²) in [6, 6.07) is 5.29. The van der Waals surface area contributed by atoms with Crippen LogP contribution in [0.25, 0.3) is 6.08 Å². The number of nitrogens with zero attached hydrogens (tertiary/aromatic N) is 1. The van der Waals surface area contributed by atoms with Crippen molar-refractivity contribution in [1.29, 1.82) is 5.26 Å². The third-order valence-electron chi connectivity index (χ3n) is 3.89. The number of phenols is 1. The Labute approximate surface area is 144 Å². The number of hydrogen-bond acceptors (Lipinski definition) is 4. The van der Waals surface area contributed by atoms with E-state index in [4.69, 9.17) is 4.74 Å². The molecule has 23 heavy (non-hydrogen) atoms. The van der Waals surface area contributed by atoms with Crippen molar-refractivity contribution >= 4 is 27.9 Å². The average molecular weight is 379 g/mol. The van der Waals surface area contributed by atoms with E-state index in [1.165, 1.54) is 19.6 Å². The van der Waals surface area contributed by atoms with Crippen LogP contribution in [0.5, 0.6) is 11.5 Å². The number of carbonyl (C=O) groups excluding carboxylic acids is 1. The first-order chi connectivity index (χ1) is 11.0.